The fraction of sp³-hybridized carbons (Fsp3) is 0.353. The second-order valence-electron chi connectivity index (χ2n) is 5.47. The number of methoxy groups -OCH3 is 1. The first-order valence-electron chi connectivity index (χ1n) is 7.34. The highest BCUT2D eigenvalue weighted by molar-refractivity contribution is 7.85. The third-order valence-electron chi connectivity index (χ3n) is 3.77. The predicted molar refractivity (Wildman–Crippen MR) is 83.4 cm³/mol. The molecule has 0 amide bonds. The molecule has 6 heteroatoms. The highest BCUT2D eigenvalue weighted by Crippen LogP contribution is 2.35. The number of carbonyl (C=O) groups is 1. The minimum absolute atomic E-state index is 0.0385. The highest BCUT2D eigenvalue weighted by Gasteiger charge is 2.33. The number of aryl methyl sites for hydroxylation is 1. The second kappa shape index (κ2) is 6.78. The standard InChI is InChI=1S/C17H18O5S/c1-11-3-5-13(6-4-11)23(19)15-7-8-21-17(15)14-9-12(18)10-16(20-2)22-14/h3-8,14,16H,9-10H2,1-2H3/t14-,16+,23?/m1/s1. The lowest BCUT2D eigenvalue weighted by molar-refractivity contribution is -0.189. The maximum absolute atomic E-state index is 12.8. The van der Waals surface area contributed by atoms with Gasteiger partial charge in [-0.1, -0.05) is 17.7 Å². The van der Waals surface area contributed by atoms with E-state index in [4.69, 9.17) is 13.9 Å². The molecular weight excluding hydrogens is 316 g/mol. The first-order chi connectivity index (χ1) is 11.1. The highest BCUT2D eigenvalue weighted by atomic mass is 32.2. The first-order valence-corrected chi connectivity index (χ1v) is 8.49. The minimum Gasteiger partial charge on any atom is -0.465 e. The van der Waals surface area contributed by atoms with Crippen molar-refractivity contribution in [1.82, 2.24) is 0 Å². The molecule has 0 saturated carbocycles. The van der Waals surface area contributed by atoms with Crippen molar-refractivity contribution in [2.75, 3.05) is 7.11 Å². The number of hydrogen-bond acceptors (Lipinski definition) is 5. The molecule has 1 aromatic heterocycles. The van der Waals surface area contributed by atoms with Crippen LogP contribution in [0.15, 0.2) is 50.8 Å². The topological polar surface area (TPSA) is 65.7 Å². The lowest BCUT2D eigenvalue weighted by atomic mass is 10.1. The zero-order chi connectivity index (χ0) is 16.4. The summed E-state index contributed by atoms with van der Waals surface area (Å²) in [7, 11) is 0.106. The van der Waals surface area contributed by atoms with Crippen LogP contribution in [0, 0.1) is 6.92 Å². The normalized spacial score (nSPS) is 23.0. The molecule has 1 fully saturated rings. The maximum atomic E-state index is 12.8. The molecule has 1 saturated heterocycles. The average molecular weight is 334 g/mol. The smallest absolute Gasteiger partial charge is 0.165 e. The van der Waals surface area contributed by atoms with Crippen LogP contribution in [0.4, 0.5) is 0 Å². The number of rotatable bonds is 4. The molecule has 1 aromatic carbocycles. The van der Waals surface area contributed by atoms with Gasteiger partial charge in [-0.3, -0.25) is 4.79 Å². The van der Waals surface area contributed by atoms with Gasteiger partial charge in [0.1, 0.15) is 17.6 Å². The van der Waals surface area contributed by atoms with Crippen LogP contribution < -0.4 is 0 Å². The molecule has 0 spiro atoms. The Morgan fingerprint density at radius 3 is 2.61 bits per heavy atom. The molecule has 1 aliphatic rings. The van der Waals surface area contributed by atoms with Crippen molar-refractivity contribution in [3.8, 4) is 0 Å². The van der Waals surface area contributed by atoms with Gasteiger partial charge in [0.25, 0.3) is 0 Å². The second-order valence-corrected chi connectivity index (χ2v) is 6.92. The van der Waals surface area contributed by atoms with Gasteiger partial charge in [-0.05, 0) is 25.1 Å². The van der Waals surface area contributed by atoms with Crippen molar-refractivity contribution in [3.05, 3.63) is 47.9 Å². The fourth-order valence-electron chi connectivity index (χ4n) is 2.53. The summed E-state index contributed by atoms with van der Waals surface area (Å²) >= 11 is 0. The Hall–Kier alpha value is -1.76. The third-order valence-corrected chi connectivity index (χ3v) is 5.21. The molecule has 1 unspecified atom stereocenters. The van der Waals surface area contributed by atoms with Crippen LogP contribution in [0.5, 0.6) is 0 Å². The van der Waals surface area contributed by atoms with Crippen molar-refractivity contribution in [1.29, 1.82) is 0 Å². The summed E-state index contributed by atoms with van der Waals surface area (Å²) < 4.78 is 29.1. The summed E-state index contributed by atoms with van der Waals surface area (Å²) in [6.07, 6.45) is 0.740. The lowest BCUT2D eigenvalue weighted by Gasteiger charge is -2.27. The number of ether oxygens (including phenoxy) is 2. The Kier molecular flexibility index (Phi) is 4.75. The Labute approximate surface area is 137 Å². The number of ketones is 1. The van der Waals surface area contributed by atoms with Gasteiger partial charge in [0.15, 0.2) is 6.29 Å². The van der Waals surface area contributed by atoms with Crippen LogP contribution >= 0.6 is 0 Å². The van der Waals surface area contributed by atoms with Crippen LogP contribution in [0.3, 0.4) is 0 Å². The van der Waals surface area contributed by atoms with Gasteiger partial charge in [-0.2, -0.15) is 0 Å². The Balaban J connectivity index is 1.88. The van der Waals surface area contributed by atoms with E-state index in [1.165, 1.54) is 13.4 Å². The summed E-state index contributed by atoms with van der Waals surface area (Å²) in [5, 5.41) is 0. The van der Waals surface area contributed by atoms with E-state index in [1.54, 1.807) is 6.07 Å². The third kappa shape index (κ3) is 3.44. The number of hydrogen-bond donors (Lipinski definition) is 0. The van der Waals surface area contributed by atoms with Crippen LogP contribution in [-0.4, -0.2) is 23.4 Å². The molecule has 3 rings (SSSR count). The monoisotopic (exact) mass is 334 g/mol. The molecular formula is C17H18O5S. The predicted octanol–water partition coefficient (Wildman–Crippen LogP) is 3.15. The molecule has 0 radical (unpaired) electrons. The van der Waals surface area contributed by atoms with E-state index < -0.39 is 23.2 Å². The molecule has 1 aliphatic heterocycles. The molecule has 0 aliphatic carbocycles. The van der Waals surface area contributed by atoms with Gasteiger partial charge in [-0.15, -0.1) is 0 Å². The average Bonchev–Trinajstić information content (AvgIpc) is 3.04. The van der Waals surface area contributed by atoms with E-state index in [0.29, 0.717) is 15.6 Å². The lowest BCUT2D eigenvalue weighted by Crippen LogP contribution is -2.29. The number of furan rings is 1. The van der Waals surface area contributed by atoms with E-state index in [-0.39, 0.29) is 18.6 Å². The summed E-state index contributed by atoms with van der Waals surface area (Å²) in [5.41, 5.74) is 1.10. The van der Waals surface area contributed by atoms with E-state index >= 15 is 0 Å². The molecule has 122 valence electrons. The van der Waals surface area contributed by atoms with Gasteiger partial charge < -0.3 is 13.9 Å². The number of carbonyl (C=O) groups excluding carboxylic acids is 1. The van der Waals surface area contributed by atoms with E-state index in [0.717, 1.165) is 5.56 Å². The summed E-state index contributed by atoms with van der Waals surface area (Å²) in [4.78, 5) is 13.1. The van der Waals surface area contributed by atoms with Crippen molar-refractivity contribution in [2.45, 2.75) is 42.0 Å². The molecule has 0 N–H and O–H groups in total. The van der Waals surface area contributed by atoms with Crippen molar-refractivity contribution < 1.29 is 22.9 Å². The van der Waals surface area contributed by atoms with Gasteiger partial charge in [0, 0.05) is 18.4 Å². The molecule has 3 atom stereocenters. The SMILES string of the molecule is CO[C@@H]1CC(=O)C[C@H](c2occc2S(=O)c2ccc(C)cc2)O1. The van der Waals surface area contributed by atoms with Gasteiger partial charge in [-0.25, -0.2) is 4.21 Å². The molecule has 2 heterocycles. The quantitative estimate of drug-likeness (QED) is 0.859. The Morgan fingerprint density at radius 1 is 1.17 bits per heavy atom. The zero-order valence-corrected chi connectivity index (χ0v) is 13.8. The van der Waals surface area contributed by atoms with Crippen molar-refractivity contribution >= 4 is 16.6 Å². The van der Waals surface area contributed by atoms with Crippen LogP contribution in [0.25, 0.3) is 0 Å². The number of benzene rings is 1. The van der Waals surface area contributed by atoms with Crippen molar-refractivity contribution in [2.24, 2.45) is 0 Å². The molecule has 2 aromatic rings. The number of Topliss-reactive ketones (excluding diaryl/α,β-unsaturated/α-hetero) is 1. The molecule has 5 nitrogen and oxygen atoms in total. The summed E-state index contributed by atoms with van der Waals surface area (Å²) in [6.45, 7) is 1.97. The maximum Gasteiger partial charge on any atom is 0.165 e. The van der Waals surface area contributed by atoms with E-state index in [2.05, 4.69) is 0 Å². The Bertz CT molecular complexity index is 719. The van der Waals surface area contributed by atoms with Crippen LogP contribution in [0.2, 0.25) is 0 Å². The van der Waals surface area contributed by atoms with Crippen molar-refractivity contribution in [3.63, 3.8) is 0 Å². The van der Waals surface area contributed by atoms with Gasteiger partial charge >= 0.3 is 0 Å². The van der Waals surface area contributed by atoms with Crippen LogP contribution in [0.1, 0.15) is 30.3 Å². The minimum atomic E-state index is -1.39. The summed E-state index contributed by atoms with van der Waals surface area (Å²) in [5.74, 6) is 0.468. The largest absolute Gasteiger partial charge is 0.465 e. The van der Waals surface area contributed by atoms with Gasteiger partial charge in [0.2, 0.25) is 0 Å². The summed E-state index contributed by atoms with van der Waals surface area (Å²) in [6, 6.07) is 9.14. The first kappa shape index (κ1) is 16.1. The fourth-order valence-corrected chi connectivity index (χ4v) is 3.71. The molecule has 0 bridgehead atoms. The van der Waals surface area contributed by atoms with E-state index in [1.807, 2.05) is 31.2 Å². The zero-order valence-electron chi connectivity index (χ0n) is 13.0. The van der Waals surface area contributed by atoms with Gasteiger partial charge in [0.05, 0.1) is 28.4 Å². The molecule has 23 heavy (non-hydrogen) atoms. The Morgan fingerprint density at radius 2 is 1.91 bits per heavy atom. The van der Waals surface area contributed by atoms with Crippen LogP contribution in [-0.2, 0) is 25.1 Å². The van der Waals surface area contributed by atoms with E-state index in [9.17, 15) is 9.00 Å².